The van der Waals surface area contributed by atoms with Crippen LogP contribution in [0.2, 0.25) is 0 Å². The summed E-state index contributed by atoms with van der Waals surface area (Å²) in [5, 5.41) is 13.5. The van der Waals surface area contributed by atoms with Gasteiger partial charge in [-0.05, 0) is 393 Å². The third kappa shape index (κ3) is 14.4. The van der Waals surface area contributed by atoms with Gasteiger partial charge in [0.1, 0.15) is 0 Å². The molecule has 15 aromatic carbocycles. The van der Waals surface area contributed by atoms with Crippen molar-refractivity contribution in [1.29, 1.82) is 0 Å². The number of piperidine rings is 5. The Morgan fingerprint density at radius 3 is 0.891 bits per heavy atom. The van der Waals surface area contributed by atoms with Crippen LogP contribution >= 0.6 is 0 Å². The van der Waals surface area contributed by atoms with E-state index in [1.807, 2.05) is 0 Å². The molecule has 147 heavy (non-hydrogen) atoms. The Labute approximate surface area is 869 Å². The number of hydrogen-bond donors (Lipinski definition) is 0. The number of aryl methyl sites for hydroxylation is 5. The smallest absolute Gasteiger partial charge is 0.0545 e. The molecule has 30 rings (SSSR count). The fraction of sp³-hybridized carbons (Fsp3) is 0.343. The highest BCUT2D eigenvalue weighted by Crippen LogP contribution is 2.65. The molecule has 5 saturated heterocycles. The standard InChI is InChI=1S/C29H32N2.C28H30N2.2C27H28N2.C26H26N2/c1-19-15-27-24(16-26(19)31-21(3)29(5)18-28(31,4)17-20(29)2)23-13-9-10-14-25(23)30(27)22-11-7-6-8-12-22;1-19-16-26-23(17-25(19)30-20(2)27(3)14-15-28(30,4)18-27)22-12-8-9-13-24(22)29(26)21-10-6-5-7-11-21;1-18-15-26-23(16-25(18)29-19(2)20-13-14-27(29,3)17-20)22-11-7-8-12-24(22)28(26)21-9-5-4-6-10-21;1-18-15-26-23(16-25(18)28-19(2)27(3)14-13-21(28)17-27)22-11-7-8-12-24(22)29(26)20-9-5-4-6-10-20;1-17-14-26-23(16-25(17)27-18(2)19-12-13-21(27)15-19)22-10-6-7-11-24(22)28(26)20-8-4-3-5-9-20/h6-16,20-21H,17-18H2,1-5H3;5-13,16-17,20H,14-15,18H2,1-4H3;4-12,15-16,19-20H,13-14,17H2,1-3H3;4-12,15-16,19,21H,13-14,17H2,1-3H3;3-11,14,16,18-19,21H,12-13,15H2,1-2H3. The molecular formula is C137H144N10. The molecule has 0 spiro atoms. The van der Waals surface area contributed by atoms with Gasteiger partial charge in [-0.25, -0.2) is 0 Å². The van der Waals surface area contributed by atoms with Crippen LogP contribution in [0.1, 0.15) is 201 Å². The minimum absolute atomic E-state index is 0.254. The first kappa shape index (κ1) is 93.1. The predicted octanol–water partition coefficient (Wildman–Crippen LogP) is 34.9. The van der Waals surface area contributed by atoms with E-state index >= 15 is 0 Å². The normalized spacial score (nSPS) is 26.9. The quantitative estimate of drug-likeness (QED) is 0.136. The fourth-order valence-electron chi connectivity index (χ4n) is 32.2. The highest BCUT2D eigenvalue weighted by Gasteiger charge is 2.63. The summed E-state index contributed by atoms with van der Waals surface area (Å²) in [6, 6.07) is 127. The maximum atomic E-state index is 2.77. The van der Waals surface area contributed by atoms with Crippen LogP contribution < -0.4 is 24.5 Å². The SMILES string of the molecule is Cc1cc2c(cc1N1C(C)C3(C)CC1(C)CC3C)c1ccccc1n2-c1ccccc1.Cc1cc2c(cc1N1C(C)C3(C)CCC1(C)C3)c1ccccc1n2-c1ccccc1.Cc1cc2c(cc1N1C(C)C3CCC1(C)C3)c1ccccc1n2-c1ccccc1.Cc1cc2c(cc1N1C3CCC(C)(C3)C1C)c1ccccc1n2-c1ccccc1.Cc1cc2c(cc1N1C3CCC(C3)C1C)c1ccccc1n2-c1ccccc1. The molecule has 10 nitrogen and oxygen atoms in total. The number of benzene rings is 15. The molecule has 5 aliphatic heterocycles. The van der Waals surface area contributed by atoms with Gasteiger partial charge in [0.25, 0.3) is 0 Å². The number of rotatable bonds is 10. The Balaban J connectivity index is 0.0000000932. The zero-order valence-electron chi connectivity index (χ0n) is 89.4. The van der Waals surface area contributed by atoms with Crippen molar-refractivity contribution in [2.24, 2.45) is 34.0 Å². The predicted molar refractivity (Wildman–Crippen MR) is 625 cm³/mol. The van der Waals surface area contributed by atoms with Gasteiger partial charge in [0.2, 0.25) is 0 Å². The molecule has 10 heterocycles. The lowest BCUT2D eigenvalue weighted by Gasteiger charge is -2.47. The van der Waals surface area contributed by atoms with Crippen molar-refractivity contribution in [2.45, 2.75) is 267 Å². The van der Waals surface area contributed by atoms with Crippen LogP contribution in [0.4, 0.5) is 28.4 Å². The highest BCUT2D eigenvalue weighted by atomic mass is 15.3. The highest BCUT2D eigenvalue weighted by molar-refractivity contribution is 6.15. The molecular weight excluding hydrogens is 1790 g/mol. The van der Waals surface area contributed by atoms with Crippen LogP contribution in [0, 0.1) is 68.6 Å². The number of anilines is 5. The Bertz CT molecular complexity index is 8570. The zero-order valence-corrected chi connectivity index (χ0v) is 89.4. The van der Waals surface area contributed by atoms with Crippen molar-refractivity contribution in [3.63, 3.8) is 0 Å². The molecule has 10 bridgehead atoms. The van der Waals surface area contributed by atoms with Gasteiger partial charge in [-0.3, -0.25) is 0 Å². The van der Waals surface area contributed by atoms with E-state index in [1.54, 1.807) is 0 Å². The summed E-state index contributed by atoms with van der Waals surface area (Å²) in [5.74, 6) is 2.51. The van der Waals surface area contributed by atoms with Crippen molar-refractivity contribution in [1.82, 2.24) is 22.8 Å². The van der Waals surface area contributed by atoms with Gasteiger partial charge in [-0.1, -0.05) is 210 Å². The number of hydrogen-bond acceptors (Lipinski definition) is 5. The minimum Gasteiger partial charge on any atom is -0.365 e. The summed E-state index contributed by atoms with van der Waals surface area (Å²) in [4.78, 5) is 13.8. The van der Waals surface area contributed by atoms with Crippen LogP contribution in [0.15, 0.2) is 334 Å². The summed E-state index contributed by atoms with van der Waals surface area (Å²) in [5.41, 5.74) is 35.4. The number of para-hydroxylation sites is 10. The van der Waals surface area contributed by atoms with E-state index in [9.17, 15) is 0 Å². The molecule has 0 amide bonds. The second-order valence-corrected chi connectivity index (χ2v) is 48.5. The van der Waals surface area contributed by atoms with Crippen molar-refractivity contribution in [3.8, 4) is 28.4 Å². The van der Waals surface area contributed by atoms with Gasteiger partial charge in [0, 0.05) is 170 Å². The summed E-state index contributed by atoms with van der Waals surface area (Å²) in [7, 11) is 0. The Hall–Kier alpha value is -13.7. The Morgan fingerprint density at radius 1 is 0.231 bits per heavy atom. The maximum absolute atomic E-state index is 2.77. The molecule has 0 N–H and O–H groups in total. The lowest BCUT2D eigenvalue weighted by molar-refractivity contribution is 0.200. The molecule has 5 saturated carbocycles. The molecule has 10 aliphatic rings. The fourth-order valence-corrected chi connectivity index (χ4v) is 32.2. The second kappa shape index (κ2) is 34.7. The van der Waals surface area contributed by atoms with Crippen molar-refractivity contribution in [2.75, 3.05) is 24.5 Å². The van der Waals surface area contributed by atoms with Gasteiger partial charge in [-0.2, -0.15) is 0 Å². The average Bonchev–Trinajstić information content (AvgIpc) is 1.52. The van der Waals surface area contributed by atoms with E-state index in [4.69, 9.17) is 0 Å². The molecule has 16 atom stereocenters. The first-order chi connectivity index (χ1) is 71.1. The van der Waals surface area contributed by atoms with Crippen molar-refractivity contribution in [3.05, 3.63) is 361 Å². The number of fused-ring (bicyclic) bond motifs is 25. The van der Waals surface area contributed by atoms with Crippen LogP contribution in [0.5, 0.6) is 0 Å². The van der Waals surface area contributed by atoms with E-state index in [1.165, 1.54) is 284 Å². The largest absolute Gasteiger partial charge is 0.365 e. The van der Waals surface area contributed by atoms with E-state index in [0.29, 0.717) is 58.0 Å². The van der Waals surface area contributed by atoms with Crippen molar-refractivity contribution >= 4 is 137 Å². The molecule has 10 heteroatoms. The van der Waals surface area contributed by atoms with Gasteiger partial charge < -0.3 is 47.3 Å². The number of aromatic nitrogens is 5. The van der Waals surface area contributed by atoms with E-state index in [-0.39, 0.29) is 11.1 Å². The second-order valence-electron chi connectivity index (χ2n) is 48.5. The van der Waals surface area contributed by atoms with Gasteiger partial charge >= 0.3 is 0 Å². The molecule has 16 unspecified atom stereocenters. The van der Waals surface area contributed by atoms with Crippen LogP contribution in [-0.4, -0.2) is 81.7 Å². The molecule has 20 aromatic rings. The lowest BCUT2D eigenvalue weighted by Crippen LogP contribution is -2.51. The topological polar surface area (TPSA) is 40.9 Å². The third-order valence-corrected chi connectivity index (χ3v) is 39.9. The van der Waals surface area contributed by atoms with Gasteiger partial charge in [0.05, 0.1) is 55.2 Å². The lowest BCUT2D eigenvalue weighted by atomic mass is 9.75. The Kier molecular flexibility index (Phi) is 22.0. The van der Waals surface area contributed by atoms with Crippen LogP contribution in [0.25, 0.3) is 137 Å². The molecule has 10 fully saturated rings. The van der Waals surface area contributed by atoms with E-state index in [0.717, 1.165) is 23.8 Å². The monoisotopic (exact) mass is 1930 g/mol. The maximum Gasteiger partial charge on any atom is 0.0545 e. The summed E-state index contributed by atoms with van der Waals surface area (Å²) in [6.07, 6.45) is 18.8. The number of nitrogens with zero attached hydrogens (tertiary/aromatic N) is 10. The molecule has 742 valence electrons. The van der Waals surface area contributed by atoms with E-state index in [2.05, 4.69) is 499 Å². The summed E-state index contributed by atoms with van der Waals surface area (Å²) in [6.45, 7) is 41.1. The van der Waals surface area contributed by atoms with Gasteiger partial charge in [0.15, 0.2) is 0 Å². The zero-order chi connectivity index (χ0) is 101. The molecule has 5 aromatic heterocycles. The van der Waals surface area contributed by atoms with Crippen LogP contribution in [0.3, 0.4) is 0 Å². The minimum atomic E-state index is 0.254. The third-order valence-electron chi connectivity index (χ3n) is 39.9. The van der Waals surface area contributed by atoms with Crippen LogP contribution in [-0.2, 0) is 0 Å². The summed E-state index contributed by atoms with van der Waals surface area (Å²) < 4.78 is 12.1. The van der Waals surface area contributed by atoms with Gasteiger partial charge in [-0.15, -0.1) is 0 Å². The first-order valence-corrected chi connectivity index (χ1v) is 55.5. The molecule has 5 aliphatic carbocycles. The van der Waals surface area contributed by atoms with Crippen molar-refractivity contribution < 1.29 is 0 Å². The Morgan fingerprint density at radius 2 is 0.571 bits per heavy atom. The van der Waals surface area contributed by atoms with E-state index < -0.39 is 0 Å². The average molecular weight is 1930 g/mol. The first-order valence-electron chi connectivity index (χ1n) is 55.5. The summed E-state index contributed by atoms with van der Waals surface area (Å²) >= 11 is 0. The molecule has 0 radical (unpaired) electrons.